The summed E-state index contributed by atoms with van der Waals surface area (Å²) in [5.74, 6) is -0.216. The number of fused-ring (bicyclic) bond motifs is 1. The Balaban J connectivity index is 1.43. The van der Waals surface area contributed by atoms with Gasteiger partial charge in [0.2, 0.25) is 10.1 Å². The number of aromatic nitrogens is 3. The van der Waals surface area contributed by atoms with Crippen molar-refractivity contribution in [2.24, 2.45) is 5.92 Å². The van der Waals surface area contributed by atoms with Gasteiger partial charge in [-0.2, -0.15) is 0 Å². The molecule has 142 valence electrons. The molecule has 0 N–H and O–H groups in total. The first-order valence-corrected chi connectivity index (χ1v) is 10.0. The predicted molar refractivity (Wildman–Crippen MR) is 105 cm³/mol. The van der Waals surface area contributed by atoms with E-state index in [0.29, 0.717) is 5.56 Å². The second kappa shape index (κ2) is 6.71. The number of anilines is 1. The number of nitrogens with zero attached hydrogens (tertiary/aromatic N) is 4. The van der Waals surface area contributed by atoms with E-state index in [9.17, 15) is 9.18 Å². The zero-order valence-electron chi connectivity index (χ0n) is 15.8. The molecular weight excluding hydrogens is 363 g/mol. The molecule has 0 unspecified atom stereocenters. The van der Waals surface area contributed by atoms with Crippen LogP contribution in [0.1, 0.15) is 49.7 Å². The molecule has 0 saturated carbocycles. The van der Waals surface area contributed by atoms with E-state index in [1.165, 1.54) is 12.1 Å². The summed E-state index contributed by atoms with van der Waals surface area (Å²) in [5, 5.41) is 5.63. The summed E-state index contributed by atoms with van der Waals surface area (Å²) >= 11 is 1.59. The second-order valence-electron chi connectivity index (χ2n) is 8.12. The van der Waals surface area contributed by atoms with Crippen molar-refractivity contribution in [3.05, 3.63) is 47.5 Å². The average Bonchev–Trinajstić information content (AvgIpc) is 3.21. The van der Waals surface area contributed by atoms with Crippen molar-refractivity contribution in [1.82, 2.24) is 14.6 Å². The molecule has 1 aromatic carbocycles. The molecule has 1 aliphatic rings. The maximum Gasteiger partial charge on any atom is 0.214 e. The van der Waals surface area contributed by atoms with E-state index in [-0.39, 0.29) is 22.9 Å². The predicted octanol–water partition coefficient (Wildman–Crippen LogP) is 4.33. The van der Waals surface area contributed by atoms with Gasteiger partial charge in [-0.15, -0.1) is 5.10 Å². The van der Waals surface area contributed by atoms with Crippen LogP contribution in [-0.4, -0.2) is 33.5 Å². The van der Waals surface area contributed by atoms with Gasteiger partial charge in [-0.05, 0) is 37.1 Å². The molecule has 27 heavy (non-hydrogen) atoms. The lowest BCUT2D eigenvalue weighted by Gasteiger charge is -2.30. The first kappa shape index (κ1) is 18.1. The molecular formula is C20H23FN4OS. The Hall–Kier alpha value is -2.28. The first-order valence-electron chi connectivity index (χ1n) is 9.23. The molecule has 0 radical (unpaired) electrons. The van der Waals surface area contributed by atoms with Gasteiger partial charge >= 0.3 is 0 Å². The van der Waals surface area contributed by atoms with Gasteiger partial charge in [0.15, 0.2) is 5.78 Å². The molecule has 5 nitrogen and oxygen atoms in total. The van der Waals surface area contributed by atoms with Crippen molar-refractivity contribution >= 4 is 27.2 Å². The maximum absolute atomic E-state index is 13.1. The zero-order chi connectivity index (χ0) is 19.2. The zero-order valence-corrected chi connectivity index (χ0v) is 16.6. The van der Waals surface area contributed by atoms with E-state index < -0.39 is 0 Å². The van der Waals surface area contributed by atoms with Crippen LogP contribution >= 0.6 is 11.3 Å². The minimum absolute atomic E-state index is 0.00659. The number of rotatable bonds is 3. The van der Waals surface area contributed by atoms with E-state index in [2.05, 4.69) is 30.8 Å². The highest BCUT2D eigenvalue weighted by Gasteiger charge is 2.28. The molecule has 1 aliphatic heterocycles. The average molecular weight is 386 g/mol. The lowest BCUT2D eigenvalue weighted by Crippen LogP contribution is -2.36. The van der Waals surface area contributed by atoms with Crippen LogP contribution in [0.4, 0.5) is 9.52 Å². The van der Waals surface area contributed by atoms with Crippen LogP contribution in [0.25, 0.3) is 4.96 Å². The van der Waals surface area contributed by atoms with Crippen molar-refractivity contribution in [2.45, 2.75) is 39.0 Å². The van der Waals surface area contributed by atoms with Crippen molar-refractivity contribution in [3.8, 4) is 0 Å². The largest absolute Gasteiger partial charge is 0.347 e. The quantitative estimate of drug-likeness (QED) is 0.629. The molecule has 2 aromatic heterocycles. The summed E-state index contributed by atoms with van der Waals surface area (Å²) in [5.41, 5.74) is 1.64. The van der Waals surface area contributed by atoms with E-state index in [1.54, 1.807) is 23.5 Å². The van der Waals surface area contributed by atoms with Gasteiger partial charge in [0.25, 0.3) is 0 Å². The van der Waals surface area contributed by atoms with Gasteiger partial charge in [-0.1, -0.05) is 32.1 Å². The molecule has 1 fully saturated rings. The second-order valence-corrected chi connectivity index (χ2v) is 9.05. The number of hydrogen-bond acceptors (Lipinski definition) is 5. The van der Waals surface area contributed by atoms with Gasteiger partial charge in [0.1, 0.15) is 5.82 Å². The van der Waals surface area contributed by atoms with Crippen LogP contribution in [0, 0.1) is 11.7 Å². The highest BCUT2D eigenvalue weighted by molar-refractivity contribution is 7.20. The summed E-state index contributed by atoms with van der Waals surface area (Å²) < 4.78 is 14.9. The van der Waals surface area contributed by atoms with Gasteiger partial charge in [0, 0.05) is 30.0 Å². The van der Waals surface area contributed by atoms with Gasteiger partial charge < -0.3 is 4.90 Å². The third kappa shape index (κ3) is 3.60. The summed E-state index contributed by atoms with van der Waals surface area (Å²) in [6, 6.07) is 5.85. The molecule has 7 heteroatoms. The lowest BCUT2D eigenvalue weighted by molar-refractivity contribution is 0.0900. The molecule has 4 rings (SSSR count). The Morgan fingerprint density at radius 2 is 1.85 bits per heavy atom. The van der Waals surface area contributed by atoms with Crippen molar-refractivity contribution < 1.29 is 9.18 Å². The highest BCUT2D eigenvalue weighted by atomic mass is 32.1. The van der Waals surface area contributed by atoms with Crippen LogP contribution in [0.2, 0.25) is 0 Å². The summed E-state index contributed by atoms with van der Waals surface area (Å²) in [4.78, 5) is 20.4. The molecule has 0 amide bonds. The number of carbonyl (C=O) groups excluding carboxylic acids is 1. The van der Waals surface area contributed by atoms with Crippen molar-refractivity contribution in [2.75, 3.05) is 18.0 Å². The molecule has 3 aromatic rings. The maximum atomic E-state index is 13.1. The SMILES string of the molecule is CC(C)(C)c1cn2nc(N3CCC(C(=O)c4ccc(F)cc4)CC3)sc2n1. The number of benzene rings is 1. The standard InChI is InChI=1S/C20H23FN4OS/c1-20(2,3)16-12-25-18(22-16)27-19(23-25)24-10-8-14(9-11-24)17(26)13-4-6-15(21)7-5-13/h4-7,12,14H,8-11H2,1-3H3. The minimum atomic E-state index is -0.315. The fourth-order valence-corrected chi connectivity index (χ4v) is 4.30. The van der Waals surface area contributed by atoms with Crippen LogP contribution in [0.5, 0.6) is 0 Å². The monoisotopic (exact) mass is 386 g/mol. The molecule has 0 aliphatic carbocycles. The minimum Gasteiger partial charge on any atom is -0.347 e. The van der Waals surface area contributed by atoms with Gasteiger partial charge in [0.05, 0.1) is 11.9 Å². The highest BCUT2D eigenvalue weighted by Crippen LogP contribution is 2.31. The number of hydrogen-bond donors (Lipinski definition) is 0. The van der Waals surface area contributed by atoms with Crippen molar-refractivity contribution in [1.29, 1.82) is 0 Å². The molecule has 0 spiro atoms. The van der Waals surface area contributed by atoms with E-state index >= 15 is 0 Å². The summed E-state index contributed by atoms with van der Waals surface area (Å²) in [7, 11) is 0. The number of imidazole rings is 1. The van der Waals surface area contributed by atoms with E-state index in [0.717, 1.165) is 41.7 Å². The van der Waals surface area contributed by atoms with Crippen LogP contribution in [0.15, 0.2) is 30.5 Å². The van der Waals surface area contributed by atoms with E-state index in [1.807, 2.05) is 10.7 Å². The molecule has 0 atom stereocenters. The third-order valence-electron chi connectivity index (χ3n) is 5.07. The van der Waals surface area contributed by atoms with Crippen molar-refractivity contribution in [3.63, 3.8) is 0 Å². The normalized spacial score (nSPS) is 16.2. The molecule has 3 heterocycles. The van der Waals surface area contributed by atoms with Crippen LogP contribution in [-0.2, 0) is 5.41 Å². The number of piperidine rings is 1. The van der Waals surface area contributed by atoms with Crippen LogP contribution in [0.3, 0.4) is 0 Å². The Bertz CT molecular complexity index is 931. The lowest BCUT2D eigenvalue weighted by atomic mass is 9.89. The Morgan fingerprint density at radius 3 is 2.44 bits per heavy atom. The fourth-order valence-electron chi connectivity index (χ4n) is 3.36. The number of Topliss-reactive ketones (excluding diaryl/α,β-unsaturated/α-hetero) is 1. The van der Waals surface area contributed by atoms with Gasteiger partial charge in [-0.25, -0.2) is 13.9 Å². The third-order valence-corrected chi connectivity index (χ3v) is 6.05. The fraction of sp³-hybridized carbons (Fsp3) is 0.450. The van der Waals surface area contributed by atoms with E-state index in [4.69, 9.17) is 4.98 Å². The topological polar surface area (TPSA) is 50.5 Å². The first-order chi connectivity index (χ1) is 12.8. The van der Waals surface area contributed by atoms with Gasteiger partial charge in [-0.3, -0.25) is 4.79 Å². The Kier molecular flexibility index (Phi) is 4.50. The summed E-state index contributed by atoms with van der Waals surface area (Å²) in [6.07, 6.45) is 3.57. The number of ketones is 1. The van der Waals surface area contributed by atoms with Crippen LogP contribution < -0.4 is 4.90 Å². The number of carbonyl (C=O) groups is 1. The molecule has 1 saturated heterocycles. The molecule has 0 bridgehead atoms. The Morgan fingerprint density at radius 1 is 1.19 bits per heavy atom. The Labute approximate surface area is 161 Å². The summed E-state index contributed by atoms with van der Waals surface area (Å²) in [6.45, 7) is 8.01. The smallest absolute Gasteiger partial charge is 0.214 e. The number of halogens is 1.